The van der Waals surface area contributed by atoms with Crippen molar-refractivity contribution in [3.05, 3.63) is 123 Å². The molecule has 0 aliphatic carbocycles. The fourth-order valence-corrected chi connectivity index (χ4v) is 4.22. The molecule has 0 aliphatic heterocycles. The predicted molar refractivity (Wildman–Crippen MR) is 133 cm³/mol. The van der Waals surface area contributed by atoms with Crippen molar-refractivity contribution in [2.45, 2.75) is 20.0 Å². The van der Waals surface area contributed by atoms with E-state index < -0.39 is 18.0 Å². The molecule has 0 bridgehead atoms. The van der Waals surface area contributed by atoms with E-state index in [2.05, 4.69) is 5.32 Å². The van der Waals surface area contributed by atoms with Crippen molar-refractivity contribution in [1.29, 1.82) is 0 Å². The second-order valence-corrected chi connectivity index (χ2v) is 8.80. The minimum atomic E-state index is -1.20. The minimum absolute atomic E-state index is 0.112. The van der Waals surface area contributed by atoms with E-state index >= 15 is 0 Å². The molecule has 1 amide bonds. The molecule has 3 aromatic carbocycles. The van der Waals surface area contributed by atoms with Crippen LogP contribution in [0.2, 0.25) is 0 Å². The molecular formula is C28H23NO4S. The van der Waals surface area contributed by atoms with Crippen molar-refractivity contribution in [1.82, 2.24) is 0 Å². The van der Waals surface area contributed by atoms with E-state index in [1.165, 1.54) is 17.4 Å². The lowest BCUT2D eigenvalue weighted by molar-refractivity contribution is -0.125. The molecule has 1 heterocycles. The second kappa shape index (κ2) is 10.3. The van der Waals surface area contributed by atoms with Crippen molar-refractivity contribution in [2.24, 2.45) is 0 Å². The molecule has 0 aliphatic rings. The molecule has 0 spiro atoms. The maximum atomic E-state index is 13.3. The van der Waals surface area contributed by atoms with Gasteiger partial charge >= 0.3 is 5.97 Å². The number of amides is 1. The Balaban J connectivity index is 1.64. The van der Waals surface area contributed by atoms with Gasteiger partial charge in [0.2, 0.25) is 11.9 Å². The molecule has 170 valence electrons. The topological polar surface area (TPSA) is 72.5 Å². The first-order chi connectivity index (χ1) is 16.4. The third-order valence-electron chi connectivity index (χ3n) is 5.35. The van der Waals surface area contributed by atoms with Crippen LogP contribution in [0.15, 0.2) is 90.3 Å². The highest BCUT2D eigenvalue weighted by Gasteiger charge is 2.28. The van der Waals surface area contributed by atoms with Crippen molar-refractivity contribution in [3.8, 4) is 0 Å². The van der Waals surface area contributed by atoms with Gasteiger partial charge in [-0.15, -0.1) is 11.3 Å². The maximum Gasteiger partial charge on any atom is 0.340 e. The number of ketones is 1. The monoisotopic (exact) mass is 469 g/mol. The van der Waals surface area contributed by atoms with Gasteiger partial charge in [-0.3, -0.25) is 9.59 Å². The van der Waals surface area contributed by atoms with E-state index in [1.54, 1.807) is 60.0 Å². The smallest absolute Gasteiger partial charge is 0.340 e. The molecule has 4 aromatic rings. The highest BCUT2D eigenvalue weighted by Crippen LogP contribution is 2.25. The quantitative estimate of drug-likeness (QED) is 0.261. The standard InChI is InChI=1S/C28H23NO4S/c1-18-14-15-19(2)23(17-18)29-27(31)26(20-9-4-3-5-10-20)33-28(32)22-12-7-6-11-21(22)25(30)24-13-8-16-34-24/h3-17,26H,1-2H3,(H,29,31). The van der Waals surface area contributed by atoms with Gasteiger partial charge in [-0.1, -0.05) is 66.7 Å². The number of hydrogen-bond donors (Lipinski definition) is 1. The summed E-state index contributed by atoms with van der Waals surface area (Å²) in [5, 5.41) is 4.69. The van der Waals surface area contributed by atoms with Crippen LogP contribution in [0.5, 0.6) is 0 Å². The Labute approximate surface area is 202 Å². The SMILES string of the molecule is Cc1ccc(C)c(NC(=O)C(OC(=O)c2ccccc2C(=O)c2cccs2)c2ccccc2)c1. The van der Waals surface area contributed by atoms with Gasteiger partial charge in [0.05, 0.1) is 10.4 Å². The number of thiophene rings is 1. The maximum absolute atomic E-state index is 13.3. The number of ether oxygens (including phenoxy) is 1. The normalized spacial score (nSPS) is 11.5. The van der Waals surface area contributed by atoms with Crippen LogP contribution in [-0.4, -0.2) is 17.7 Å². The Morgan fingerprint density at radius 1 is 0.824 bits per heavy atom. The number of esters is 1. The molecular weight excluding hydrogens is 446 g/mol. The highest BCUT2D eigenvalue weighted by molar-refractivity contribution is 7.12. The fraction of sp³-hybridized carbons (Fsp3) is 0.107. The van der Waals surface area contributed by atoms with E-state index in [0.717, 1.165) is 11.1 Å². The van der Waals surface area contributed by atoms with Gasteiger partial charge in [-0.05, 0) is 48.6 Å². The summed E-state index contributed by atoms with van der Waals surface area (Å²) >= 11 is 1.30. The van der Waals surface area contributed by atoms with Gasteiger partial charge in [0, 0.05) is 16.8 Å². The number of carbonyl (C=O) groups excluding carboxylic acids is 3. The van der Waals surface area contributed by atoms with Gasteiger partial charge in [0.1, 0.15) is 0 Å². The summed E-state index contributed by atoms with van der Waals surface area (Å²) in [4.78, 5) is 40.0. The average Bonchev–Trinajstić information content (AvgIpc) is 3.40. The Morgan fingerprint density at radius 2 is 1.53 bits per heavy atom. The van der Waals surface area contributed by atoms with Crippen LogP contribution in [-0.2, 0) is 9.53 Å². The number of anilines is 1. The van der Waals surface area contributed by atoms with E-state index in [0.29, 0.717) is 16.1 Å². The molecule has 1 N–H and O–H groups in total. The molecule has 0 radical (unpaired) electrons. The van der Waals surface area contributed by atoms with Gasteiger partial charge in [-0.2, -0.15) is 0 Å². The van der Waals surface area contributed by atoms with E-state index in [1.807, 2.05) is 38.1 Å². The Morgan fingerprint density at radius 3 is 2.24 bits per heavy atom. The summed E-state index contributed by atoms with van der Waals surface area (Å²) in [5.74, 6) is -1.49. The van der Waals surface area contributed by atoms with Crippen LogP contribution < -0.4 is 5.32 Å². The Hall–Kier alpha value is -4.03. The molecule has 1 atom stereocenters. The second-order valence-electron chi connectivity index (χ2n) is 7.86. The first kappa shape index (κ1) is 23.1. The highest BCUT2D eigenvalue weighted by atomic mass is 32.1. The number of aryl methyl sites for hydroxylation is 2. The van der Waals surface area contributed by atoms with Gasteiger partial charge in [0.15, 0.2) is 0 Å². The number of benzene rings is 3. The predicted octanol–water partition coefficient (Wildman–Crippen LogP) is 6.13. The molecule has 6 heteroatoms. The summed E-state index contributed by atoms with van der Waals surface area (Å²) in [6, 6.07) is 24.5. The van der Waals surface area contributed by atoms with E-state index in [9.17, 15) is 14.4 Å². The molecule has 34 heavy (non-hydrogen) atoms. The number of hydrogen-bond acceptors (Lipinski definition) is 5. The van der Waals surface area contributed by atoms with Crippen LogP contribution in [0.1, 0.15) is 48.4 Å². The number of carbonyl (C=O) groups is 3. The number of nitrogens with one attached hydrogen (secondary N) is 1. The van der Waals surface area contributed by atoms with Crippen molar-refractivity contribution in [3.63, 3.8) is 0 Å². The zero-order valence-electron chi connectivity index (χ0n) is 18.8. The van der Waals surface area contributed by atoms with Gasteiger partial charge < -0.3 is 10.1 Å². The molecule has 4 rings (SSSR count). The average molecular weight is 470 g/mol. The van der Waals surface area contributed by atoms with Crippen LogP contribution in [0, 0.1) is 13.8 Å². The van der Waals surface area contributed by atoms with Crippen molar-refractivity contribution < 1.29 is 19.1 Å². The lowest BCUT2D eigenvalue weighted by Crippen LogP contribution is -2.27. The number of rotatable bonds is 7. The van der Waals surface area contributed by atoms with Crippen LogP contribution in [0.25, 0.3) is 0 Å². The lowest BCUT2D eigenvalue weighted by Gasteiger charge is -2.19. The first-order valence-corrected chi connectivity index (χ1v) is 11.6. The third kappa shape index (κ3) is 5.13. The molecule has 5 nitrogen and oxygen atoms in total. The Kier molecular flexibility index (Phi) is 6.99. The van der Waals surface area contributed by atoms with Crippen LogP contribution in [0.3, 0.4) is 0 Å². The largest absolute Gasteiger partial charge is 0.444 e. The summed E-state index contributed by atoms with van der Waals surface area (Å²) in [5.41, 5.74) is 3.41. The van der Waals surface area contributed by atoms with Crippen LogP contribution >= 0.6 is 11.3 Å². The van der Waals surface area contributed by atoms with Gasteiger partial charge in [-0.25, -0.2) is 4.79 Å². The van der Waals surface area contributed by atoms with Gasteiger partial charge in [0.25, 0.3) is 5.91 Å². The minimum Gasteiger partial charge on any atom is -0.444 e. The lowest BCUT2D eigenvalue weighted by atomic mass is 10.0. The first-order valence-electron chi connectivity index (χ1n) is 10.8. The summed E-state index contributed by atoms with van der Waals surface area (Å²) in [7, 11) is 0. The van der Waals surface area contributed by atoms with Crippen molar-refractivity contribution >= 4 is 34.7 Å². The molecule has 1 unspecified atom stereocenters. The van der Waals surface area contributed by atoms with Crippen molar-refractivity contribution in [2.75, 3.05) is 5.32 Å². The molecule has 1 aromatic heterocycles. The summed E-state index contributed by atoms with van der Waals surface area (Å²) < 4.78 is 5.74. The zero-order valence-corrected chi connectivity index (χ0v) is 19.6. The molecule has 0 fully saturated rings. The van der Waals surface area contributed by atoms with Crippen LogP contribution in [0.4, 0.5) is 5.69 Å². The van der Waals surface area contributed by atoms with E-state index in [4.69, 9.17) is 4.74 Å². The Bertz CT molecular complexity index is 1330. The fourth-order valence-electron chi connectivity index (χ4n) is 3.54. The summed E-state index contributed by atoms with van der Waals surface area (Å²) in [6.45, 7) is 3.83. The van der Waals surface area contributed by atoms with E-state index in [-0.39, 0.29) is 16.9 Å². The summed E-state index contributed by atoms with van der Waals surface area (Å²) in [6.07, 6.45) is -1.20. The zero-order chi connectivity index (χ0) is 24.1. The molecule has 0 saturated carbocycles. The third-order valence-corrected chi connectivity index (χ3v) is 6.22. The molecule has 0 saturated heterocycles.